The molecular formula is C45H64O6. The first kappa shape index (κ1) is 36.7. The first-order chi connectivity index (χ1) is 23.8. The highest BCUT2D eigenvalue weighted by atomic mass is 16.5. The van der Waals surface area contributed by atoms with Crippen LogP contribution < -0.4 is 0 Å². The molecule has 0 spiro atoms. The van der Waals surface area contributed by atoms with Gasteiger partial charge in [0.15, 0.2) is 0 Å². The van der Waals surface area contributed by atoms with Crippen molar-refractivity contribution in [3.8, 4) is 0 Å². The lowest BCUT2D eigenvalue weighted by Gasteiger charge is -2.72. The number of ether oxygens (including phenoxy) is 2. The molecule has 6 unspecified atom stereocenters. The first-order valence-corrected chi connectivity index (χ1v) is 20.1. The Morgan fingerprint density at radius 1 is 0.765 bits per heavy atom. The molecule has 6 nitrogen and oxygen atoms in total. The molecule has 0 aromatic heterocycles. The number of esters is 2. The van der Waals surface area contributed by atoms with Crippen molar-refractivity contribution in [2.24, 2.45) is 73.9 Å². The zero-order chi connectivity index (χ0) is 36.9. The van der Waals surface area contributed by atoms with E-state index in [-0.39, 0.29) is 64.1 Å². The Hall–Kier alpha value is -2.63. The summed E-state index contributed by atoms with van der Waals surface area (Å²) in [5.74, 6) is 0.286. The van der Waals surface area contributed by atoms with Gasteiger partial charge in [-0.1, -0.05) is 91.0 Å². The van der Waals surface area contributed by atoms with E-state index in [4.69, 9.17) is 9.47 Å². The van der Waals surface area contributed by atoms with Gasteiger partial charge in [-0.3, -0.25) is 14.4 Å². The van der Waals surface area contributed by atoms with Crippen molar-refractivity contribution in [2.75, 3.05) is 0 Å². The van der Waals surface area contributed by atoms with E-state index in [1.54, 1.807) is 0 Å². The molecule has 0 aliphatic heterocycles. The Balaban J connectivity index is 1.05. The van der Waals surface area contributed by atoms with Crippen LogP contribution in [-0.2, 0) is 30.5 Å². The maximum absolute atomic E-state index is 13.9. The third-order valence-electron chi connectivity index (χ3n) is 17.8. The van der Waals surface area contributed by atoms with Crippen molar-refractivity contribution in [1.29, 1.82) is 0 Å². The van der Waals surface area contributed by atoms with E-state index in [2.05, 4.69) is 48.1 Å². The minimum atomic E-state index is -0.598. The van der Waals surface area contributed by atoms with Crippen molar-refractivity contribution in [1.82, 2.24) is 0 Å². The van der Waals surface area contributed by atoms with Crippen molar-refractivity contribution in [3.05, 3.63) is 48.0 Å². The number of carboxylic acids is 1. The van der Waals surface area contributed by atoms with Crippen LogP contribution >= 0.6 is 0 Å². The summed E-state index contributed by atoms with van der Waals surface area (Å²) >= 11 is 0. The fourth-order valence-electron chi connectivity index (χ4n) is 14.5. The number of benzene rings is 1. The standard InChI is InChI=1S/C45H64O6/c1-27(2)29-17-22-45(39(48)49)24-23-43(8)30(36(29)45)15-16-34-42(7)20-19-35(41(5,6)33(42)18-21-44(34,43)9)51-38(47)32-25-31(40(32,3)4)37(46)50-26-28-13-11-10-12-14-28/h10-14,29-36H,1,15-26H2,2-9H3,(H,48,49)/t29-,30?,31?,32?,33-,34+,35-,36+,42?,43+,44?,45?/m0/s1. The molecule has 280 valence electrons. The number of carboxylic acid groups (broad SMARTS) is 1. The summed E-state index contributed by atoms with van der Waals surface area (Å²) < 4.78 is 12.2. The van der Waals surface area contributed by atoms with Crippen LogP contribution in [0.2, 0.25) is 0 Å². The van der Waals surface area contributed by atoms with E-state index >= 15 is 0 Å². The highest BCUT2D eigenvalue weighted by Gasteiger charge is 2.72. The lowest BCUT2D eigenvalue weighted by molar-refractivity contribution is -0.252. The van der Waals surface area contributed by atoms with Gasteiger partial charge in [0.25, 0.3) is 0 Å². The highest BCUT2D eigenvalue weighted by Crippen LogP contribution is 2.77. The van der Waals surface area contributed by atoms with Gasteiger partial charge in [0, 0.05) is 5.41 Å². The predicted molar refractivity (Wildman–Crippen MR) is 198 cm³/mol. The van der Waals surface area contributed by atoms with E-state index in [9.17, 15) is 19.5 Å². The molecule has 0 saturated heterocycles. The second-order valence-corrected chi connectivity index (χ2v) is 20.2. The lowest BCUT2D eigenvalue weighted by atomic mass is 9.32. The molecule has 1 aromatic carbocycles. The molecule has 12 atom stereocenters. The maximum Gasteiger partial charge on any atom is 0.309 e. The molecule has 1 N–H and O–H groups in total. The summed E-state index contributed by atoms with van der Waals surface area (Å²) in [5.41, 5.74) is 1.20. The van der Waals surface area contributed by atoms with Crippen LogP contribution in [0.5, 0.6) is 0 Å². The molecule has 7 rings (SSSR count). The number of aliphatic carboxylic acids is 1. The Bertz CT molecular complexity index is 1580. The number of hydrogen-bond acceptors (Lipinski definition) is 5. The average molecular weight is 701 g/mol. The summed E-state index contributed by atoms with van der Waals surface area (Å²) in [6.07, 6.45) is 10.3. The second kappa shape index (κ2) is 12.2. The van der Waals surface area contributed by atoms with Gasteiger partial charge in [-0.2, -0.15) is 0 Å². The highest BCUT2D eigenvalue weighted by molar-refractivity contribution is 5.82. The number of allylic oxidation sites excluding steroid dienone is 1. The normalized spacial score (nSPS) is 44.7. The van der Waals surface area contributed by atoms with Gasteiger partial charge in [0.1, 0.15) is 12.7 Å². The van der Waals surface area contributed by atoms with Gasteiger partial charge in [0.2, 0.25) is 0 Å². The SMILES string of the molecule is C=C(C)[C@@H]1CCC2(C(=O)O)CC[C@]3(C)C(CC[C@@H]4C5(C)CC[C@H](OC(=O)C6CC(C(=O)OCc7ccccc7)C6(C)C)C(C)(C)[C@@H]5CCC43C)[C@@H]12. The van der Waals surface area contributed by atoms with E-state index in [0.29, 0.717) is 30.1 Å². The number of fused-ring (bicyclic) bond motifs is 7. The minimum Gasteiger partial charge on any atom is -0.481 e. The zero-order valence-corrected chi connectivity index (χ0v) is 32.7. The molecule has 51 heavy (non-hydrogen) atoms. The van der Waals surface area contributed by atoms with Gasteiger partial charge in [-0.25, -0.2) is 0 Å². The fourth-order valence-corrected chi connectivity index (χ4v) is 14.5. The van der Waals surface area contributed by atoms with Gasteiger partial charge < -0.3 is 14.6 Å². The van der Waals surface area contributed by atoms with E-state index < -0.39 is 16.8 Å². The maximum atomic E-state index is 13.9. The molecule has 0 radical (unpaired) electrons. The van der Waals surface area contributed by atoms with E-state index in [0.717, 1.165) is 69.8 Å². The van der Waals surface area contributed by atoms with Gasteiger partial charge in [-0.05, 0) is 134 Å². The smallest absolute Gasteiger partial charge is 0.309 e. The summed E-state index contributed by atoms with van der Waals surface area (Å²) in [5, 5.41) is 10.7. The third kappa shape index (κ3) is 5.17. The van der Waals surface area contributed by atoms with Gasteiger partial charge in [0.05, 0.1) is 17.3 Å². The average Bonchev–Trinajstić information content (AvgIpc) is 3.47. The monoisotopic (exact) mass is 700 g/mol. The number of carbonyl (C=O) groups excluding carboxylic acids is 2. The molecule has 0 heterocycles. The Morgan fingerprint density at radius 2 is 1.45 bits per heavy atom. The number of carbonyl (C=O) groups is 3. The number of hydrogen-bond donors (Lipinski definition) is 1. The van der Waals surface area contributed by atoms with Crippen molar-refractivity contribution >= 4 is 17.9 Å². The topological polar surface area (TPSA) is 89.9 Å². The van der Waals surface area contributed by atoms with Crippen LogP contribution in [-0.4, -0.2) is 29.1 Å². The third-order valence-corrected chi connectivity index (χ3v) is 17.8. The van der Waals surface area contributed by atoms with Crippen molar-refractivity contribution in [2.45, 2.75) is 139 Å². The van der Waals surface area contributed by atoms with Crippen LogP contribution in [0.1, 0.15) is 132 Å². The minimum absolute atomic E-state index is 0.0909. The first-order valence-electron chi connectivity index (χ1n) is 20.1. The fraction of sp³-hybridized carbons (Fsp3) is 0.756. The predicted octanol–water partition coefficient (Wildman–Crippen LogP) is 10.0. The van der Waals surface area contributed by atoms with Crippen LogP contribution in [0.4, 0.5) is 0 Å². The lowest BCUT2D eigenvalue weighted by Crippen LogP contribution is -2.67. The Kier molecular flexibility index (Phi) is 8.78. The van der Waals surface area contributed by atoms with E-state index in [1.165, 1.54) is 5.57 Å². The molecule has 0 amide bonds. The molecule has 1 aromatic rings. The molecule has 0 bridgehead atoms. The molecular weight excluding hydrogens is 636 g/mol. The summed E-state index contributed by atoms with van der Waals surface area (Å²) in [6, 6.07) is 9.71. The summed E-state index contributed by atoms with van der Waals surface area (Å²) in [4.78, 5) is 40.0. The van der Waals surface area contributed by atoms with Crippen LogP contribution in [0, 0.1) is 73.9 Å². The zero-order valence-electron chi connectivity index (χ0n) is 32.7. The van der Waals surface area contributed by atoms with Gasteiger partial charge >= 0.3 is 17.9 Å². The molecule has 6 heteroatoms. The van der Waals surface area contributed by atoms with Gasteiger partial charge in [-0.15, -0.1) is 0 Å². The van der Waals surface area contributed by atoms with Crippen LogP contribution in [0.15, 0.2) is 42.5 Å². The quantitative estimate of drug-likeness (QED) is 0.225. The summed E-state index contributed by atoms with van der Waals surface area (Å²) in [6.45, 7) is 23.2. The summed E-state index contributed by atoms with van der Waals surface area (Å²) in [7, 11) is 0. The second-order valence-electron chi connectivity index (χ2n) is 20.2. The van der Waals surface area contributed by atoms with Crippen molar-refractivity contribution < 1.29 is 29.0 Å². The van der Waals surface area contributed by atoms with E-state index in [1.807, 2.05) is 44.2 Å². The molecule has 6 aliphatic carbocycles. The van der Waals surface area contributed by atoms with Crippen LogP contribution in [0.3, 0.4) is 0 Å². The molecule has 6 fully saturated rings. The van der Waals surface area contributed by atoms with Crippen molar-refractivity contribution in [3.63, 3.8) is 0 Å². The molecule has 6 aliphatic rings. The van der Waals surface area contributed by atoms with Crippen LogP contribution in [0.25, 0.3) is 0 Å². The number of rotatable bonds is 7. The Morgan fingerprint density at radius 3 is 2.10 bits per heavy atom. The Labute approximate surface area is 306 Å². The largest absolute Gasteiger partial charge is 0.481 e. The molecule has 6 saturated carbocycles.